The molecule has 58 valence electrons. The smallest absolute Gasteiger partial charge is 0.405 e. The minimum absolute atomic E-state index is 0.355. The molecular formula is C6H11NO3. The molecule has 1 atom stereocenters. The molecule has 0 bridgehead atoms. The largest absolute Gasteiger partial charge is 0.465 e. The molecule has 1 rings (SSSR count). The van der Waals surface area contributed by atoms with Crippen LogP contribution in [0.15, 0.2) is 0 Å². The molecule has 1 amide bonds. The summed E-state index contributed by atoms with van der Waals surface area (Å²) in [6, 6.07) is 0. The summed E-state index contributed by atoms with van der Waals surface area (Å²) >= 11 is 0. The molecule has 4 heteroatoms. The summed E-state index contributed by atoms with van der Waals surface area (Å²) in [6.45, 7) is 2.98. The fourth-order valence-corrected chi connectivity index (χ4v) is 1.02. The summed E-state index contributed by atoms with van der Waals surface area (Å²) in [5, 5.41) is 10.8. The minimum Gasteiger partial charge on any atom is -0.465 e. The molecule has 1 saturated heterocycles. The quantitative estimate of drug-likeness (QED) is 0.562. The first-order chi connectivity index (χ1) is 4.62. The highest BCUT2D eigenvalue weighted by Crippen LogP contribution is 2.16. The molecular weight excluding hydrogens is 134 g/mol. The molecule has 0 aliphatic carbocycles. The highest BCUT2D eigenvalue weighted by molar-refractivity contribution is 5.65. The van der Waals surface area contributed by atoms with Crippen molar-refractivity contribution in [1.29, 1.82) is 0 Å². The van der Waals surface area contributed by atoms with Crippen molar-refractivity contribution in [3.05, 3.63) is 0 Å². The third-order valence-electron chi connectivity index (χ3n) is 1.63. The second kappa shape index (κ2) is 2.46. The Balaban J connectivity index is 2.43. The lowest BCUT2D eigenvalue weighted by atomic mass is 10.0. The Bertz CT molecular complexity index is 140. The van der Waals surface area contributed by atoms with Gasteiger partial charge in [-0.25, -0.2) is 4.79 Å². The summed E-state index contributed by atoms with van der Waals surface area (Å²) in [5.41, 5.74) is -0.355. The van der Waals surface area contributed by atoms with Crippen molar-refractivity contribution in [3.8, 4) is 0 Å². The van der Waals surface area contributed by atoms with E-state index in [1.165, 1.54) is 0 Å². The maximum absolute atomic E-state index is 10.2. The number of nitrogens with one attached hydrogen (secondary N) is 1. The van der Waals surface area contributed by atoms with Crippen LogP contribution in [0.3, 0.4) is 0 Å². The van der Waals surface area contributed by atoms with Crippen LogP contribution in [0.5, 0.6) is 0 Å². The molecule has 0 aromatic rings. The van der Waals surface area contributed by atoms with Gasteiger partial charge in [0.25, 0.3) is 0 Å². The van der Waals surface area contributed by atoms with Gasteiger partial charge in [-0.2, -0.15) is 0 Å². The fourth-order valence-electron chi connectivity index (χ4n) is 1.02. The van der Waals surface area contributed by atoms with Crippen LogP contribution in [0.4, 0.5) is 4.79 Å². The van der Waals surface area contributed by atoms with Crippen LogP contribution in [-0.4, -0.2) is 30.0 Å². The van der Waals surface area contributed by atoms with Gasteiger partial charge >= 0.3 is 6.09 Å². The summed E-state index contributed by atoms with van der Waals surface area (Å²) < 4.78 is 5.04. The Morgan fingerprint density at radius 1 is 1.80 bits per heavy atom. The molecule has 2 N–H and O–H groups in total. The van der Waals surface area contributed by atoms with Crippen LogP contribution in [0.25, 0.3) is 0 Å². The van der Waals surface area contributed by atoms with Crippen molar-refractivity contribution in [2.75, 3.05) is 13.2 Å². The summed E-state index contributed by atoms with van der Waals surface area (Å²) in [7, 11) is 0. The second-order valence-corrected chi connectivity index (χ2v) is 2.79. The maximum Gasteiger partial charge on any atom is 0.405 e. The predicted octanol–water partition coefficient (Wildman–Crippen LogP) is 0.433. The van der Waals surface area contributed by atoms with Crippen molar-refractivity contribution in [3.63, 3.8) is 0 Å². The summed E-state index contributed by atoms with van der Waals surface area (Å²) in [6.07, 6.45) is -0.216. The van der Waals surface area contributed by atoms with E-state index < -0.39 is 6.09 Å². The van der Waals surface area contributed by atoms with Crippen molar-refractivity contribution in [1.82, 2.24) is 5.32 Å². The van der Waals surface area contributed by atoms with Gasteiger partial charge in [-0.05, 0) is 13.3 Å². The zero-order valence-electron chi connectivity index (χ0n) is 5.89. The fraction of sp³-hybridized carbons (Fsp3) is 0.833. The van der Waals surface area contributed by atoms with Gasteiger partial charge in [0, 0.05) is 6.61 Å². The van der Waals surface area contributed by atoms with Crippen LogP contribution in [-0.2, 0) is 4.74 Å². The minimum atomic E-state index is -0.979. The van der Waals surface area contributed by atoms with Crippen molar-refractivity contribution in [2.24, 2.45) is 0 Å². The third kappa shape index (κ3) is 1.60. The second-order valence-electron chi connectivity index (χ2n) is 2.79. The monoisotopic (exact) mass is 145 g/mol. The van der Waals surface area contributed by atoms with E-state index in [2.05, 4.69) is 5.32 Å². The van der Waals surface area contributed by atoms with E-state index in [1.807, 2.05) is 6.92 Å². The predicted molar refractivity (Wildman–Crippen MR) is 35.0 cm³/mol. The first kappa shape index (κ1) is 7.34. The van der Waals surface area contributed by atoms with Crippen molar-refractivity contribution >= 4 is 6.09 Å². The molecule has 0 saturated carbocycles. The summed E-state index contributed by atoms with van der Waals surface area (Å²) in [5.74, 6) is 0. The Labute approximate surface area is 59.2 Å². The van der Waals surface area contributed by atoms with E-state index >= 15 is 0 Å². The van der Waals surface area contributed by atoms with E-state index in [1.54, 1.807) is 0 Å². The topological polar surface area (TPSA) is 58.6 Å². The number of hydrogen-bond donors (Lipinski definition) is 2. The molecule has 0 radical (unpaired) electrons. The number of rotatable bonds is 1. The molecule has 1 unspecified atom stereocenters. The van der Waals surface area contributed by atoms with Gasteiger partial charge in [-0.1, -0.05) is 0 Å². The average molecular weight is 145 g/mol. The van der Waals surface area contributed by atoms with Gasteiger partial charge in [0.05, 0.1) is 12.1 Å². The summed E-state index contributed by atoms with van der Waals surface area (Å²) in [4.78, 5) is 10.2. The van der Waals surface area contributed by atoms with Gasteiger partial charge in [0.1, 0.15) is 0 Å². The van der Waals surface area contributed by atoms with Crippen LogP contribution >= 0.6 is 0 Å². The lowest BCUT2D eigenvalue weighted by molar-refractivity contribution is 0.156. The first-order valence-corrected chi connectivity index (χ1v) is 3.21. The van der Waals surface area contributed by atoms with Gasteiger partial charge in [0.2, 0.25) is 0 Å². The number of amides is 1. The van der Waals surface area contributed by atoms with Crippen LogP contribution < -0.4 is 5.32 Å². The normalized spacial score (nSPS) is 32.1. The van der Waals surface area contributed by atoms with Crippen molar-refractivity contribution in [2.45, 2.75) is 18.9 Å². The van der Waals surface area contributed by atoms with Gasteiger partial charge in [0.15, 0.2) is 0 Å². The molecule has 1 aliphatic heterocycles. The average Bonchev–Trinajstić information content (AvgIpc) is 2.12. The number of hydrogen-bond acceptors (Lipinski definition) is 2. The molecule has 1 heterocycles. The lowest BCUT2D eigenvalue weighted by Crippen LogP contribution is -2.45. The van der Waals surface area contributed by atoms with E-state index in [4.69, 9.17) is 9.84 Å². The van der Waals surface area contributed by atoms with Crippen molar-refractivity contribution < 1.29 is 14.6 Å². The number of carboxylic acid groups (broad SMARTS) is 1. The zero-order chi connectivity index (χ0) is 7.61. The molecule has 0 aromatic heterocycles. The third-order valence-corrected chi connectivity index (χ3v) is 1.63. The van der Waals surface area contributed by atoms with E-state index in [-0.39, 0.29) is 5.54 Å². The zero-order valence-corrected chi connectivity index (χ0v) is 5.89. The SMILES string of the molecule is CC1(NC(=O)O)CCOC1. The van der Waals surface area contributed by atoms with Gasteiger partial charge in [-0.3, -0.25) is 0 Å². The van der Waals surface area contributed by atoms with Crippen LogP contribution in [0.2, 0.25) is 0 Å². The molecule has 1 aliphatic rings. The van der Waals surface area contributed by atoms with Crippen LogP contribution in [0, 0.1) is 0 Å². The van der Waals surface area contributed by atoms with E-state index in [0.717, 1.165) is 6.42 Å². The van der Waals surface area contributed by atoms with E-state index in [0.29, 0.717) is 13.2 Å². The molecule has 0 aromatic carbocycles. The molecule has 4 nitrogen and oxygen atoms in total. The van der Waals surface area contributed by atoms with Gasteiger partial charge in [-0.15, -0.1) is 0 Å². The van der Waals surface area contributed by atoms with Crippen LogP contribution in [0.1, 0.15) is 13.3 Å². The Morgan fingerprint density at radius 2 is 2.50 bits per heavy atom. The maximum atomic E-state index is 10.2. The Kier molecular flexibility index (Phi) is 1.80. The highest BCUT2D eigenvalue weighted by Gasteiger charge is 2.30. The molecule has 10 heavy (non-hydrogen) atoms. The number of ether oxygens (including phenoxy) is 1. The standard InChI is InChI=1S/C6H11NO3/c1-6(7-5(8)9)2-3-10-4-6/h7H,2-4H2,1H3,(H,8,9). The molecule has 0 spiro atoms. The Hall–Kier alpha value is -0.770. The highest BCUT2D eigenvalue weighted by atomic mass is 16.5. The van der Waals surface area contributed by atoms with E-state index in [9.17, 15) is 4.79 Å². The lowest BCUT2D eigenvalue weighted by Gasteiger charge is -2.20. The first-order valence-electron chi connectivity index (χ1n) is 3.21. The number of carbonyl (C=O) groups is 1. The van der Waals surface area contributed by atoms with Gasteiger partial charge < -0.3 is 15.2 Å². The molecule has 1 fully saturated rings. The Morgan fingerprint density at radius 3 is 2.90 bits per heavy atom.